The molecule has 6 nitrogen and oxygen atoms in total. The highest BCUT2D eigenvalue weighted by molar-refractivity contribution is 6.28. The van der Waals surface area contributed by atoms with E-state index in [1.165, 1.54) is 0 Å². The van der Waals surface area contributed by atoms with Crippen LogP contribution >= 0.6 is 0 Å². The first-order valence-electron chi connectivity index (χ1n) is 9.96. The summed E-state index contributed by atoms with van der Waals surface area (Å²) in [6, 6.07) is 11.4. The molecule has 2 N–H and O–H groups in total. The van der Waals surface area contributed by atoms with Crippen molar-refractivity contribution in [2.45, 2.75) is 50.5 Å². The standard InChI is InChI=1S/C23H23NO5/c25-17(9-10-18(26)27)19-21(28)20-16(15-7-3-1-4-8-15)11-14-24(20)23(22(19)29)12-5-2-6-13-23/h1,3-4,7-8,11,14,28H,2,5-6,9-10,12-13H2,(H,26,27). The van der Waals surface area contributed by atoms with Crippen LogP contribution in [0.1, 0.15) is 50.6 Å². The van der Waals surface area contributed by atoms with E-state index in [2.05, 4.69) is 0 Å². The number of hydrogen-bond acceptors (Lipinski definition) is 4. The number of carboxylic acid groups (broad SMARTS) is 1. The molecule has 29 heavy (non-hydrogen) atoms. The number of aliphatic hydroxyl groups is 1. The number of allylic oxidation sites excluding steroid dienone is 1. The van der Waals surface area contributed by atoms with Crippen LogP contribution in [0.4, 0.5) is 0 Å². The summed E-state index contributed by atoms with van der Waals surface area (Å²) in [6.45, 7) is 0. The molecule has 1 aromatic heterocycles. The van der Waals surface area contributed by atoms with Crippen molar-refractivity contribution in [1.29, 1.82) is 0 Å². The van der Waals surface area contributed by atoms with Gasteiger partial charge in [-0.25, -0.2) is 0 Å². The zero-order chi connectivity index (χ0) is 20.6. The molecule has 1 aliphatic heterocycles. The molecule has 0 bridgehead atoms. The van der Waals surface area contributed by atoms with Gasteiger partial charge in [-0.3, -0.25) is 14.4 Å². The van der Waals surface area contributed by atoms with Gasteiger partial charge in [0.15, 0.2) is 17.3 Å². The molecular weight excluding hydrogens is 370 g/mol. The van der Waals surface area contributed by atoms with Crippen LogP contribution in [0.2, 0.25) is 0 Å². The first kappa shape index (κ1) is 19.2. The Kier molecular flexibility index (Phi) is 4.86. The van der Waals surface area contributed by atoms with E-state index in [-0.39, 0.29) is 30.0 Å². The number of aliphatic hydroxyl groups excluding tert-OH is 1. The van der Waals surface area contributed by atoms with Gasteiger partial charge in [0.05, 0.1) is 12.1 Å². The summed E-state index contributed by atoms with van der Waals surface area (Å²) in [5.41, 5.74) is 0.976. The molecule has 1 spiro atoms. The van der Waals surface area contributed by atoms with Gasteiger partial charge >= 0.3 is 5.97 Å². The van der Waals surface area contributed by atoms with Gasteiger partial charge in [-0.05, 0) is 24.5 Å². The van der Waals surface area contributed by atoms with Crippen LogP contribution in [0.3, 0.4) is 0 Å². The molecule has 0 radical (unpaired) electrons. The minimum Gasteiger partial charge on any atom is -0.505 e. The number of fused-ring (bicyclic) bond motifs is 2. The highest BCUT2D eigenvalue weighted by Gasteiger charge is 2.49. The Bertz CT molecular complexity index is 1010. The molecule has 2 heterocycles. The van der Waals surface area contributed by atoms with E-state index in [0.29, 0.717) is 18.5 Å². The number of carboxylic acids is 1. The normalized spacial score (nSPS) is 18.0. The first-order valence-corrected chi connectivity index (χ1v) is 9.96. The SMILES string of the molecule is O=C(O)CCC(=O)C1=C(O)c2c(-c3ccccc3)ccn2C2(CCCCC2)C1=O. The zero-order valence-corrected chi connectivity index (χ0v) is 16.1. The van der Waals surface area contributed by atoms with Crippen molar-refractivity contribution >= 4 is 23.3 Å². The summed E-state index contributed by atoms with van der Waals surface area (Å²) in [5.74, 6) is -2.44. The Hall–Kier alpha value is -3.15. The van der Waals surface area contributed by atoms with Gasteiger partial charge in [-0.15, -0.1) is 0 Å². The number of benzene rings is 1. The van der Waals surface area contributed by atoms with Crippen LogP contribution in [0.15, 0.2) is 48.2 Å². The predicted octanol–water partition coefficient (Wildman–Crippen LogP) is 4.10. The third kappa shape index (κ3) is 3.09. The molecule has 1 saturated carbocycles. The lowest BCUT2D eigenvalue weighted by molar-refractivity contribution is -0.138. The van der Waals surface area contributed by atoms with Gasteiger partial charge in [0.2, 0.25) is 0 Å². The number of carbonyl (C=O) groups is 3. The van der Waals surface area contributed by atoms with E-state index in [4.69, 9.17) is 5.11 Å². The van der Waals surface area contributed by atoms with Gasteiger partial charge in [-0.2, -0.15) is 0 Å². The Balaban J connectivity index is 1.90. The Morgan fingerprint density at radius 3 is 2.34 bits per heavy atom. The third-order valence-electron chi connectivity index (χ3n) is 6.07. The number of Topliss-reactive ketones (excluding diaryl/α,β-unsaturated/α-hetero) is 2. The molecule has 0 atom stereocenters. The maximum absolute atomic E-state index is 13.5. The topological polar surface area (TPSA) is 96.6 Å². The monoisotopic (exact) mass is 393 g/mol. The van der Waals surface area contributed by atoms with Gasteiger partial charge in [0.25, 0.3) is 0 Å². The van der Waals surface area contributed by atoms with Crippen molar-refractivity contribution in [3.8, 4) is 11.1 Å². The number of nitrogens with zero attached hydrogens (tertiary/aromatic N) is 1. The van der Waals surface area contributed by atoms with Crippen molar-refractivity contribution in [3.63, 3.8) is 0 Å². The van der Waals surface area contributed by atoms with Gasteiger partial charge in [-0.1, -0.05) is 49.6 Å². The Labute approximate surface area is 168 Å². The van der Waals surface area contributed by atoms with Gasteiger partial charge < -0.3 is 14.8 Å². The maximum Gasteiger partial charge on any atom is 0.303 e. The summed E-state index contributed by atoms with van der Waals surface area (Å²) in [6.07, 6.45) is 5.10. The largest absolute Gasteiger partial charge is 0.505 e. The fourth-order valence-electron chi connectivity index (χ4n) is 4.66. The highest BCUT2D eigenvalue weighted by Crippen LogP contribution is 2.46. The average Bonchev–Trinajstić information content (AvgIpc) is 3.19. The highest BCUT2D eigenvalue weighted by atomic mass is 16.4. The van der Waals surface area contributed by atoms with Crippen molar-refractivity contribution in [3.05, 3.63) is 53.9 Å². The Morgan fingerprint density at radius 1 is 1.00 bits per heavy atom. The van der Waals surface area contributed by atoms with E-state index >= 15 is 0 Å². The summed E-state index contributed by atoms with van der Waals surface area (Å²) in [7, 11) is 0. The second kappa shape index (κ2) is 7.35. The second-order valence-corrected chi connectivity index (χ2v) is 7.78. The van der Waals surface area contributed by atoms with Crippen LogP contribution in [0.25, 0.3) is 16.9 Å². The van der Waals surface area contributed by atoms with Gasteiger partial charge in [0, 0.05) is 18.2 Å². The summed E-state index contributed by atoms with van der Waals surface area (Å²) < 4.78 is 1.85. The molecular formula is C23H23NO5. The lowest BCUT2D eigenvalue weighted by atomic mass is 9.72. The van der Waals surface area contributed by atoms with E-state index in [9.17, 15) is 19.5 Å². The minimum atomic E-state index is -1.11. The number of carbonyl (C=O) groups excluding carboxylic acids is 2. The molecule has 4 rings (SSSR count). The quantitative estimate of drug-likeness (QED) is 0.746. The molecule has 0 unspecified atom stereocenters. The number of ketones is 2. The summed E-state index contributed by atoms with van der Waals surface area (Å²) in [5, 5.41) is 20.0. The van der Waals surface area contributed by atoms with Crippen molar-refractivity contribution in [2.75, 3.05) is 0 Å². The smallest absolute Gasteiger partial charge is 0.303 e. The van der Waals surface area contributed by atoms with Crippen molar-refractivity contribution in [1.82, 2.24) is 4.57 Å². The van der Waals surface area contributed by atoms with Crippen molar-refractivity contribution in [2.24, 2.45) is 0 Å². The molecule has 0 amide bonds. The molecule has 0 saturated heterocycles. The summed E-state index contributed by atoms with van der Waals surface area (Å²) in [4.78, 5) is 37.2. The molecule has 2 aromatic rings. The number of hydrogen-bond donors (Lipinski definition) is 2. The number of rotatable bonds is 5. The molecule has 1 fully saturated rings. The third-order valence-corrected chi connectivity index (χ3v) is 6.07. The molecule has 1 aromatic carbocycles. The van der Waals surface area contributed by atoms with Crippen molar-refractivity contribution < 1.29 is 24.6 Å². The van der Waals surface area contributed by atoms with Crippen LogP contribution in [-0.2, 0) is 19.9 Å². The number of aromatic nitrogens is 1. The van der Waals surface area contributed by atoms with Crippen LogP contribution in [-0.4, -0.2) is 32.3 Å². The van der Waals surface area contributed by atoms with Gasteiger partial charge in [0.1, 0.15) is 11.1 Å². The fourth-order valence-corrected chi connectivity index (χ4v) is 4.66. The lowest BCUT2D eigenvalue weighted by Crippen LogP contribution is -2.48. The van der Waals surface area contributed by atoms with E-state index < -0.39 is 17.3 Å². The fraction of sp³-hybridized carbons (Fsp3) is 0.348. The van der Waals surface area contributed by atoms with E-state index in [1.807, 2.05) is 47.2 Å². The van der Waals surface area contributed by atoms with E-state index in [0.717, 1.165) is 30.4 Å². The predicted molar refractivity (Wildman–Crippen MR) is 107 cm³/mol. The van der Waals surface area contributed by atoms with E-state index in [1.54, 1.807) is 0 Å². The molecule has 150 valence electrons. The van der Waals surface area contributed by atoms with Crippen LogP contribution in [0.5, 0.6) is 0 Å². The summed E-state index contributed by atoms with van der Waals surface area (Å²) >= 11 is 0. The molecule has 2 aliphatic rings. The van der Waals surface area contributed by atoms with Crippen LogP contribution < -0.4 is 0 Å². The van der Waals surface area contributed by atoms with Crippen LogP contribution in [0, 0.1) is 0 Å². The zero-order valence-electron chi connectivity index (χ0n) is 16.1. The Morgan fingerprint density at radius 2 is 1.69 bits per heavy atom. The maximum atomic E-state index is 13.5. The first-order chi connectivity index (χ1) is 14.0. The molecule has 6 heteroatoms. The minimum absolute atomic E-state index is 0.239. The average molecular weight is 393 g/mol. The number of aliphatic carboxylic acids is 1. The lowest BCUT2D eigenvalue weighted by Gasteiger charge is -2.41. The second-order valence-electron chi connectivity index (χ2n) is 7.78. The molecule has 1 aliphatic carbocycles.